The highest BCUT2D eigenvalue weighted by Crippen LogP contribution is 2.25. The van der Waals surface area contributed by atoms with E-state index in [4.69, 9.17) is 0 Å². The summed E-state index contributed by atoms with van der Waals surface area (Å²) in [4.78, 5) is 2.55. The van der Waals surface area contributed by atoms with Crippen LogP contribution in [-0.4, -0.2) is 23.5 Å². The van der Waals surface area contributed by atoms with Crippen LogP contribution in [0.25, 0.3) is 11.1 Å². The second-order valence-electron chi connectivity index (χ2n) is 7.24. The lowest BCUT2D eigenvalue weighted by molar-refractivity contribution is 0.169. The Balaban J connectivity index is 2.00. The predicted molar refractivity (Wildman–Crippen MR) is 102 cm³/mol. The largest absolute Gasteiger partial charge is 0.299 e. The van der Waals surface area contributed by atoms with Gasteiger partial charge in [-0.1, -0.05) is 43.3 Å². The highest BCUT2D eigenvalue weighted by molar-refractivity contribution is 5.63. The zero-order valence-corrected chi connectivity index (χ0v) is 15.6. The van der Waals surface area contributed by atoms with Crippen molar-refractivity contribution in [3.8, 4) is 11.1 Å². The quantitative estimate of drug-likeness (QED) is 0.593. The molecule has 0 aliphatic carbocycles. The van der Waals surface area contributed by atoms with E-state index in [0.29, 0.717) is 18.0 Å². The number of benzene rings is 2. The summed E-state index contributed by atoms with van der Waals surface area (Å²) in [6.45, 7) is 12.5. The zero-order valence-electron chi connectivity index (χ0n) is 15.6. The van der Waals surface area contributed by atoms with Gasteiger partial charge in [0, 0.05) is 12.1 Å². The fraction of sp³-hybridized carbons (Fsp3) is 0.455. The van der Waals surface area contributed by atoms with Gasteiger partial charge in [0.15, 0.2) is 0 Å². The molecular formula is C22H30FN. The Morgan fingerprint density at radius 3 is 1.67 bits per heavy atom. The molecule has 1 atom stereocenters. The molecule has 1 unspecified atom stereocenters. The van der Waals surface area contributed by atoms with E-state index in [1.807, 2.05) is 12.1 Å². The molecule has 1 nitrogen and oxygen atoms in total. The summed E-state index contributed by atoms with van der Waals surface area (Å²) in [6.07, 6.45) is 1.16. The lowest BCUT2D eigenvalue weighted by Gasteiger charge is -2.31. The minimum absolute atomic E-state index is 0.191. The van der Waals surface area contributed by atoms with Gasteiger partial charge in [0.1, 0.15) is 5.82 Å². The molecule has 130 valence electrons. The summed E-state index contributed by atoms with van der Waals surface area (Å²) in [5.74, 6) is 0.344. The monoisotopic (exact) mass is 327 g/mol. The van der Waals surface area contributed by atoms with Gasteiger partial charge in [0.25, 0.3) is 0 Å². The van der Waals surface area contributed by atoms with Gasteiger partial charge in [-0.2, -0.15) is 0 Å². The first kappa shape index (κ1) is 18.7. The van der Waals surface area contributed by atoms with E-state index in [0.717, 1.165) is 24.1 Å². The summed E-state index contributed by atoms with van der Waals surface area (Å²) in [7, 11) is 0. The molecule has 0 saturated heterocycles. The number of halogens is 1. The van der Waals surface area contributed by atoms with E-state index in [1.54, 1.807) is 0 Å². The maximum absolute atomic E-state index is 13.0. The first-order chi connectivity index (χ1) is 11.4. The fourth-order valence-electron chi connectivity index (χ4n) is 3.27. The van der Waals surface area contributed by atoms with Gasteiger partial charge in [-0.15, -0.1) is 0 Å². The summed E-state index contributed by atoms with van der Waals surface area (Å²) in [5.41, 5.74) is 3.56. The Labute approximate surface area is 146 Å². The summed E-state index contributed by atoms with van der Waals surface area (Å²) >= 11 is 0. The van der Waals surface area contributed by atoms with Crippen molar-refractivity contribution < 1.29 is 4.39 Å². The van der Waals surface area contributed by atoms with E-state index in [-0.39, 0.29) is 5.82 Å². The minimum atomic E-state index is -0.191. The van der Waals surface area contributed by atoms with Crippen molar-refractivity contribution >= 4 is 0 Å². The molecule has 0 saturated carbocycles. The van der Waals surface area contributed by atoms with Gasteiger partial charge in [-0.05, 0) is 75.4 Å². The van der Waals surface area contributed by atoms with Crippen LogP contribution in [-0.2, 0) is 0 Å². The normalized spacial score (nSPS) is 13.0. The molecule has 0 heterocycles. The van der Waals surface area contributed by atoms with E-state index >= 15 is 0 Å². The topological polar surface area (TPSA) is 3.24 Å². The average Bonchev–Trinajstić information content (AvgIpc) is 2.55. The maximum Gasteiger partial charge on any atom is 0.123 e. The molecule has 0 radical (unpaired) electrons. The highest BCUT2D eigenvalue weighted by atomic mass is 19.1. The van der Waals surface area contributed by atoms with Crippen molar-refractivity contribution in [2.75, 3.05) is 6.54 Å². The van der Waals surface area contributed by atoms with E-state index in [9.17, 15) is 4.39 Å². The predicted octanol–water partition coefficient (Wildman–Crippen LogP) is 6.11. The summed E-state index contributed by atoms with van der Waals surface area (Å²) in [5, 5.41) is 0. The van der Waals surface area contributed by atoms with Gasteiger partial charge >= 0.3 is 0 Å². The number of hydrogen-bond acceptors (Lipinski definition) is 1. The molecule has 0 amide bonds. The molecule has 24 heavy (non-hydrogen) atoms. The molecule has 2 aromatic rings. The Morgan fingerprint density at radius 2 is 1.21 bits per heavy atom. The molecule has 2 heteroatoms. The van der Waals surface area contributed by atoms with Crippen LogP contribution in [0.2, 0.25) is 0 Å². The molecule has 0 bridgehead atoms. The van der Waals surface area contributed by atoms with Crippen LogP contribution in [0.15, 0.2) is 48.5 Å². The third-order valence-electron chi connectivity index (χ3n) is 4.80. The molecule has 0 aliphatic heterocycles. The lowest BCUT2D eigenvalue weighted by atomic mass is 9.94. The summed E-state index contributed by atoms with van der Waals surface area (Å²) < 4.78 is 13.0. The number of rotatable bonds is 7. The Bertz CT molecular complexity index is 605. The smallest absolute Gasteiger partial charge is 0.123 e. The van der Waals surface area contributed by atoms with Gasteiger partial charge in [-0.25, -0.2) is 4.39 Å². The highest BCUT2D eigenvalue weighted by Gasteiger charge is 2.15. The summed E-state index contributed by atoms with van der Waals surface area (Å²) in [6, 6.07) is 16.5. The van der Waals surface area contributed by atoms with Crippen LogP contribution in [0.1, 0.15) is 52.5 Å². The van der Waals surface area contributed by atoms with E-state index in [2.05, 4.69) is 63.8 Å². The third kappa shape index (κ3) is 4.91. The van der Waals surface area contributed by atoms with Crippen molar-refractivity contribution in [3.05, 3.63) is 59.9 Å². The van der Waals surface area contributed by atoms with Gasteiger partial charge in [-0.3, -0.25) is 4.90 Å². The fourth-order valence-corrected chi connectivity index (χ4v) is 3.27. The molecule has 0 aliphatic rings. The van der Waals surface area contributed by atoms with Crippen LogP contribution in [0.4, 0.5) is 4.39 Å². The van der Waals surface area contributed by atoms with Gasteiger partial charge in [0.05, 0.1) is 0 Å². The van der Waals surface area contributed by atoms with E-state index in [1.165, 1.54) is 17.7 Å². The number of hydrogen-bond donors (Lipinski definition) is 0. The van der Waals surface area contributed by atoms with Crippen LogP contribution >= 0.6 is 0 Å². The van der Waals surface area contributed by atoms with Crippen LogP contribution in [0, 0.1) is 5.82 Å². The molecule has 0 spiro atoms. The Morgan fingerprint density at radius 1 is 0.750 bits per heavy atom. The molecular weight excluding hydrogens is 297 g/mol. The van der Waals surface area contributed by atoms with Crippen LogP contribution in [0.5, 0.6) is 0 Å². The third-order valence-corrected chi connectivity index (χ3v) is 4.80. The van der Waals surface area contributed by atoms with Crippen molar-refractivity contribution in [1.82, 2.24) is 4.90 Å². The molecule has 0 fully saturated rings. The van der Waals surface area contributed by atoms with Crippen molar-refractivity contribution in [2.24, 2.45) is 0 Å². The Kier molecular flexibility index (Phi) is 6.56. The van der Waals surface area contributed by atoms with Crippen LogP contribution in [0.3, 0.4) is 0 Å². The zero-order chi connectivity index (χ0) is 17.7. The maximum atomic E-state index is 13.0. The minimum Gasteiger partial charge on any atom is -0.299 e. The van der Waals surface area contributed by atoms with Gasteiger partial charge < -0.3 is 0 Å². The first-order valence-electron chi connectivity index (χ1n) is 9.00. The SMILES string of the molecule is CC(CCN(C(C)C)C(C)C)c1ccc(-c2ccc(F)cc2)cc1. The molecule has 2 rings (SSSR count). The lowest BCUT2D eigenvalue weighted by Crippen LogP contribution is -2.38. The molecule has 0 N–H and O–H groups in total. The van der Waals surface area contributed by atoms with Crippen molar-refractivity contribution in [3.63, 3.8) is 0 Å². The first-order valence-corrected chi connectivity index (χ1v) is 9.00. The molecule has 0 aromatic heterocycles. The number of nitrogens with zero attached hydrogens (tertiary/aromatic N) is 1. The second kappa shape index (κ2) is 8.43. The molecule has 2 aromatic carbocycles. The van der Waals surface area contributed by atoms with Crippen molar-refractivity contribution in [2.45, 2.75) is 59.0 Å². The van der Waals surface area contributed by atoms with Gasteiger partial charge in [0.2, 0.25) is 0 Å². The van der Waals surface area contributed by atoms with Crippen molar-refractivity contribution in [1.29, 1.82) is 0 Å². The second-order valence-corrected chi connectivity index (χ2v) is 7.24. The standard InChI is InChI=1S/C22H30FN/c1-16(2)24(17(3)4)15-14-18(5)19-6-8-20(9-7-19)21-10-12-22(23)13-11-21/h6-13,16-18H,14-15H2,1-5H3. The Hall–Kier alpha value is -1.67. The van der Waals surface area contributed by atoms with Crippen LogP contribution < -0.4 is 0 Å². The average molecular weight is 327 g/mol. The van der Waals surface area contributed by atoms with E-state index < -0.39 is 0 Å².